The number of carbonyl (C=O) groups is 1. The van der Waals surface area contributed by atoms with Crippen LogP contribution in [-0.2, 0) is 6.42 Å². The number of hydrogen-bond acceptors (Lipinski definition) is 2. The van der Waals surface area contributed by atoms with Crippen molar-refractivity contribution in [3.63, 3.8) is 0 Å². The van der Waals surface area contributed by atoms with E-state index in [-0.39, 0.29) is 0 Å². The molecule has 0 atom stereocenters. The second-order valence-corrected chi connectivity index (χ2v) is 4.42. The maximum absolute atomic E-state index is 12.1. The van der Waals surface area contributed by atoms with Gasteiger partial charge in [0.1, 0.15) is 6.54 Å². The van der Waals surface area contributed by atoms with Crippen molar-refractivity contribution < 1.29 is 18.0 Å². The Bertz CT molecular complexity index is 488. The van der Waals surface area contributed by atoms with Gasteiger partial charge in [-0.2, -0.15) is 13.2 Å². The van der Waals surface area contributed by atoms with Gasteiger partial charge in [0.05, 0.1) is 0 Å². The van der Waals surface area contributed by atoms with E-state index < -0.39 is 18.8 Å². The highest BCUT2D eigenvalue weighted by Gasteiger charge is 2.30. The van der Waals surface area contributed by atoms with Crippen LogP contribution in [0.3, 0.4) is 0 Å². The summed E-state index contributed by atoms with van der Waals surface area (Å²) in [6.07, 6.45) is -2.94. The molecule has 2 rings (SSSR count). The van der Waals surface area contributed by atoms with Gasteiger partial charge in [-0.1, -0.05) is 0 Å². The van der Waals surface area contributed by atoms with E-state index in [2.05, 4.69) is 0 Å². The number of nitrogens with one attached hydrogen (secondary N) is 1. The Labute approximate surface area is 108 Å². The van der Waals surface area contributed by atoms with E-state index in [1.54, 1.807) is 18.2 Å². The molecule has 0 bridgehead atoms. The summed E-state index contributed by atoms with van der Waals surface area (Å²) in [6.45, 7) is -0.923. The number of amides is 2. The number of fused-ring (bicyclic) bond motifs is 1. The predicted octanol–water partition coefficient (Wildman–Crippen LogP) is 2.29. The average Bonchev–Trinajstić information content (AvgIpc) is 2.34. The third kappa shape index (κ3) is 3.30. The monoisotopic (exact) mass is 273 g/mol. The molecule has 0 saturated carbocycles. The first-order valence-corrected chi connectivity index (χ1v) is 5.87. The molecule has 1 aliphatic rings. The van der Waals surface area contributed by atoms with Gasteiger partial charge in [0.15, 0.2) is 0 Å². The summed E-state index contributed by atoms with van der Waals surface area (Å²) in [5.41, 5.74) is 7.74. The molecule has 0 saturated heterocycles. The maximum Gasteiger partial charge on any atom is 0.405 e. The SMILES string of the molecule is Nc1ccc2c(c1)CCCN2C(=O)NCC(F)(F)F. The number of nitrogen functional groups attached to an aromatic ring is 1. The fourth-order valence-corrected chi connectivity index (χ4v) is 2.10. The number of anilines is 2. The molecule has 0 unspecified atom stereocenters. The minimum Gasteiger partial charge on any atom is -0.399 e. The van der Waals surface area contributed by atoms with Crippen molar-refractivity contribution in [3.8, 4) is 0 Å². The first kappa shape index (κ1) is 13.5. The zero-order valence-corrected chi connectivity index (χ0v) is 10.1. The number of halogens is 3. The van der Waals surface area contributed by atoms with Gasteiger partial charge in [0.25, 0.3) is 0 Å². The molecule has 1 heterocycles. The van der Waals surface area contributed by atoms with Crippen LogP contribution in [0, 0.1) is 0 Å². The third-order valence-electron chi connectivity index (χ3n) is 2.91. The van der Waals surface area contributed by atoms with Crippen LogP contribution in [0.5, 0.6) is 0 Å². The number of carbonyl (C=O) groups excluding carboxylic acids is 1. The van der Waals surface area contributed by atoms with E-state index in [1.165, 1.54) is 4.90 Å². The lowest BCUT2D eigenvalue weighted by Gasteiger charge is -2.29. The van der Waals surface area contributed by atoms with Crippen LogP contribution in [0.1, 0.15) is 12.0 Å². The lowest BCUT2D eigenvalue weighted by Crippen LogP contribution is -2.45. The molecule has 3 N–H and O–H groups in total. The molecule has 0 radical (unpaired) electrons. The van der Waals surface area contributed by atoms with E-state index in [0.717, 1.165) is 12.0 Å². The van der Waals surface area contributed by atoms with E-state index in [1.807, 2.05) is 5.32 Å². The standard InChI is InChI=1S/C12H14F3N3O/c13-12(14,15)7-17-11(19)18-5-1-2-8-6-9(16)3-4-10(8)18/h3-4,6H,1-2,5,7,16H2,(H,17,19). The van der Waals surface area contributed by atoms with Crippen molar-refractivity contribution in [1.82, 2.24) is 5.32 Å². The van der Waals surface area contributed by atoms with E-state index in [0.29, 0.717) is 24.3 Å². The third-order valence-corrected chi connectivity index (χ3v) is 2.91. The Morgan fingerprint density at radius 3 is 2.84 bits per heavy atom. The number of alkyl halides is 3. The molecule has 0 aliphatic carbocycles. The number of hydrogen-bond donors (Lipinski definition) is 2. The molecule has 1 aliphatic heterocycles. The number of nitrogens with zero attached hydrogens (tertiary/aromatic N) is 1. The molecule has 7 heteroatoms. The van der Waals surface area contributed by atoms with Gasteiger partial charge >= 0.3 is 12.2 Å². The van der Waals surface area contributed by atoms with Gasteiger partial charge in [0, 0.05) is 17.9 Å². The molecular weight excluding hydrogens is 259 g/mol. The van der Waals surface area contributed by atoms with Gasteiger partial charge in [-0.3, -0.25) is 4.90 Å². The van der Waals surface area contributed by atoms with Crippen molar-refractivity contribution in [3.05, 3.63) is 23.8 Å². The van der Waals surface area contributed by atoms with Crippen LogP contribution < -0.4 is 16.0 Å². The number of rotatable bonds is 1. The summed E-state index contributed by atoms with van der Waals surface area (Å²) in [5.74, 6) is 0. The molecule has 0 aromatic heterocycles. The van der Waals surface area contributed by atoms with Crippen LogP contribution in [0.4, 0.5) is 29.3 Å². The largest absolute Gasteiger partial charge is 0.405 e. The zero-order valence-electron chi connectivity index (χ0n) is 10.1. The summed E-state index contributed by atoms with van der Waals surface area (Å²) in [6, 6.07) is 4.31. The Morgan fingerprint density at radius 1 is 1.42 bits per heavy atom. The molecule has 4 nitrogen and oxygen atoms in total. The first-order chi connectivity index (χ1) is 8.87. The molecule has 2 amide bonds. The topological polar surface area (TPSA) is 58.4 Å². The number of aryl methyl sites for hydroxylation is 1. The van der Waals surface area contributed by atoms with Crippen LogP contribution in [0.2, 0.25) is 0 Å². The normalized spacial score (nSPS) is 15.0. The summed E-state index contributed by atoms with van der Waals surface area (Å²) in [5, 5.41) is 1.88. The second-order valence-electron chi connectivity index (χ2n) is 4.42. The fourth-order valence-electron chi connectivity index (χ4n) is 2.10. The van der Waals surface area contributed by atoms with E-state index in [4.69, 9.17) is 5.73 Å². The number of nitrogens with two attached hydrogens (primary N) is 1. The smallest absolute Gasteiger partial charge is 0.399 e. The van der Waals surface area contributed by atoms with Gasteiger partial charge in [0.2, 0.25) is 0 Å². The molecule has 1 aromatic carbocycles. The Hall–Kier alpha value is -1.92. The Morgan fingerprint density at radius 2 is 2.16 bits per heavy atom. The second kappa shape index (κ2) is 4.99. The van der Waals surface area contributed by atoms with Gasteiger partial charge in [-0.05, 0) is 36.6 Å². The highest BCUT2D eigenvalue weighted by molar-refractivity contribution is 5.93. The van der Waals surface area contributed by atoms with Crippen LogP contribution in [0.15, 0.2) is 18.2 Å². The first-order valence-electron chi connectivity index (χ1n) is 5.87. The van der Waals surface area contributed by atoms with Crippen LogP contribution >= 0.6 is 0 Å². The van der Waals surface area contributed by atoms with Gasteiger partial charge in [-0.25, -0.2) is 4.79 Å². The van der Waals surface area contributed by atoms with Gasteiger partial charge in [-0.15, -0.1) is 0 Å². The van der Waals surface area contributed by atoms with Crippen molar-refractivity contribution in [2.45, 2.75) is 19.0 Å². The fraction of sp³-hybridized carbons (Fsp3) is 0.417. The van der Waals surface area contributed by atoms with Crippen molar-refractivity contribution in [2.75, 3.05) is 23.7 Å². The highest BCUT2D eigenvalue weighted by atomic mass is 19.4. The quantitative estimate of drug-likeness (QED) is 0.771. The minimum atomic E-state index is -4.41. The Balaban J connectivity index is 2.13. The molecule has 19 heavy (non-hydrogen) atoms. The number of benzene rings is 1. The van der Waals surface area contributed by atoms with Crippen molar-refractivity contribution >= 4 is 17.4 Å². The minimum absolute atomic E-state index is 0.403. The zero-order chi connectivity index (χ0) is 14.0. The van der Waals surface area contributed by atoms with Crippen molar-refractivity contribution in [2.24, 2.45) is 0 Å². The summed E-state index contributed by atoms with van der Waals surface area (Å²) in [4.78, 5) is 13.1. The Kier molecular flexibility index (Phi) is 3.55. The highest BCUT2D eigenvalue weighted by Crippen LogP contribution is 2.28. The molecule has 104 valence electrons. The summed E-state index contributed by atoms with van der Waals surface area (Å²) < 4.78 is 36.2. The van der Waals surface area contributed by atoms with Crippen LogP contribution in [0.25, 0.3) is 0 Å². The number of urea groups is 1. The van der Waals surface area contributed by atoms with Crippen LogP contribution in [-0.4, -0.2) is 25.3 Å². The maximum atomic E-state index is 12.1. The van der Waals surface area contributed by atoms with E-state index >= 15 is 0 Å². The molecular formula is C12H14F3N3O. The summed E-state index contributed by atoms with van der Waals surface area (Å²) >= 11 is 0. The lowest BCUT2D eigenvalue weighted by atomic mass is 10.0. The molecule has 1 aromatic rings. The molecule has 0 spiro atoms. The van der Waals surface area contributed by atoms with Gasteiger partial charge < -0.3 is 11.1 Å². The average molecular weight is 273 g/mol. The summed E-state index contributed by atoms with van der Waals surface area (Å²) in [7, 11) is 0. The predicted molar refractivity (Wildman–Crippen MR) is 66.0 cm³/mol. The molecule has 0 fully saturated rings. The van der Waals surface area contributed by atoms with Crippen molar-refractivity contribution in [1.29, 1.82) is 0 Å². The lowest BCUT2D eigenvalue weighted by molar-refractivity contribution is -0.122. The van der Waals surface area contributed by atoms with E-state index in [9.17, 15) is 18.0 Å².